The first-order valence-electron chi connectivity index (χ1n) is 7.87. The number of rotatable bonds is 5. The Kier molecular flexibility index (Phi) is 5.37. The van der Waals surface area contributed by atoms with Gasteiger partial charge < -0.3 is 14.6 Å². The SMILES string of the molecule is COc1ccccc1C(NC(=O)c1cc(F)ccc1Br)c1nccn1C. The zero-order valence-electron chi connectivity index (χ0n) is 14.2. The Morgan fingerprint density at radius 3 is 2.77 bits per heavy atom. The molecule has 1 amide bonds. The van der Waals surface area contributed by atoms with Crippen molar-refractivity contribution in [2.45, 2.75) is 6.04 Å². The van der Waals surface area contributed by atoms with Crippen LogP contribution < -0.4 is 10.1 Å². The zero-order chi connectivity index (χ0) is 18.7. The largest absolute Gasteiger partial charge is 0.496 e. The quantitative estimate of drug-likeness (QED) is 0.685. The number of methoxy groups -OCH3 is 1. The number of hydrogen-bond acceptors (Lipinski definition) is 3. The van der Waals surface area contributed by atoms with Gasteiger partial charge in [0.1, 0.15) is 23.4 Å². The molecule has 0 spiro atoms. The van der Waals surface area contributed by atoms with Crippen LogP contribution in [-0.4, -0.2) is 22.6 Å². The van der Waals surface area contributed by atoms with E-state index in [4.69, 9.17) is 4.74 Å². The maximum Gasteiger partial charge on any atom is 0.253 e. The van der Waals surface area contributed by atoms with Crippen molar-refractivity contribution >= 4 is 21.8 Å². The minimum Gasteiger partial charge on any atom is -0.496 e. The van der Waals surface area contributed by atoms with E-state index in [1.165, 1.54) is 18.2 Å². The Morgan fingerprint density at radius 1 is 1.31 bits per heavy atom. The lowest BCUT2D eigenvalue weighted by Crippen LogP contribution is -2.31. The van der Waals surface area contributed by atoms with Crippen LogP contribution in [0.5, 0.6) is 5.75 Å². The lowest BCUT2D eigenvalue weighted by molar-refractivity contribution is 0.0939. The molecule has 5 nitrogen and oxygen atoms in total. The van der Waals surface area contributed by atoms with Gasteiger partial charge in [-0.1, -0.05) is 18.2 Å². The van der Waals surface area contributed by atoms with E-state index in [0.717, 1.165) is 5.56 Å². The van der Waals surface area contributed by atoms with Gasteiger partial charge in [-0.25, -0.2) is 9.37 Å². The van der Waals surface area contributed by atoms with Crippen molar-refractivity contribution in [3.63, 3.8) is 0 Å². The number of hydrogen-bond donors (Lipinski definition) is 1. The van der Waals surface area contributed by atoms with Crippen molar-refractivity contribution in [3.05, 3.63) is 82.1 Å². The topological polar surface area (TPSA) is 56.1 Å². The Bertz CT molecular complexity index is 942. The smallest absolute Gasteiger partial charge is 0.253 e. The summed E-state index contributed by atoms with van der Waals surface area (Å²) in [6.45, 7) is 0. The lowest BCUT2D eigenvalue weighted by atomic mass is 10.0. The molecule has 3 rings (SSSR count). The van der Waals surface area contributed by atoms with E-state index in [2.05, 4.69) is 26.2 Å². The summed E-state index contributed by atoms with van der Waals surface area (Å²) in [4.78, 5) is 17.2. The molecule has 1 unspecified atom stereocenters. The predicted octanol–water partition coefficient (Wildman–Crippen LogP) is 3.85. The fraction of sp³-hybridized carbons (Fsp3) is 0.158. The third-order valence-corrected chi connectivity index (χ3v) is 4.71. The van der Waals surface area contributed by atoms with E-state index in [-0.39, 0.29) is 5.56 Å². The molecule has 0 saturated carbocycles. The van der Waals surface area contributed by atoms with Gasteiger partial charge in [0.25, 0.3) is 5.91 Å². The number of aromatic nitrogens is 2. The minimum atomic E-state index is -0.561. The summed E-state index contributed by atoms with van der Waals surface area (Å²) in [5, 5.41) is 2.94. The molecule has 1 N–H and O–H groups in total. The van der Waals surface area contributed by atoms with Gasteiger partial charge in [0, 0.05) is 29.5 Å². The highest BCUT2D eigenvalue weighted by Gasteiger charge is 2.25. The monoisotopic (exact) mass is 417 g/mol. The van der Waals surface area contributed by atoms with E-state index in [1.807, 2.05) is 35.9 Å². The summed E-state index contributed by atoms with van der Waals surface area (Å²) in [6.07, 6.45) is 3.45. The summed E-state index contributed by atoms with van der Waals surface area (Å²) in [5.74, 6) is 0.356. The first-order chi connectivity index (χ1) is 12.5. The average Bonchev–Trinajstić information content (AvgIpc) is 3.07. The Hall–Kier alpha value is -2.67. The van der Waals surface area contributed by atoms with Gasteiger partial charge in [0.05, 0.1) is 12.7 Å². The van der Waals surface area contributed by atoms with E-state index < -0.39 is 17.8 Å². The molecule has 3 aromatic rings. The van der Waals surface area contributed by atoms with Crippen LogP contribution in [0.1, 0.15) is 27.8 Å². The van der Waals surface area contributed by atoms with Crippen molar-refractivity contribution < 1.29 is 13.9 Å². The summed E-state index contributed by atoms with van der Waals surface area (Å²) >= 11 is 3.30. The van der Waals surface area contributed by atoms with Crippen LogP contribution in [0.4, 0.5) is 4.39 Å². The molecule has 0 bridgehead atoms. The third-order valence-electron chi connectivity index (χ3n) is 4.02. The minimum absolute atomic E-state index is 0.208. The fourth-order valence-electron chi connectivity index (χ4n) is 2.72. The zero-order valence-corrected chi connectivity index (χ0v) is 15.8. The summed E-state index contributed by atoms with van der Waals surface area (Å²) in [6, 6.07) is 10.8. The number of benzene rings is 2. The summed E-state index contributed by atoms with van der Waals surface area (Å²) in [7, 11) is 3.41. The second kappa shape index (κ2) is 7.70. The van der Waals surface area contributed by atoms with Gasteiger partial charge >= 0.3 is 0 Å². The predicted molar refractivity (Wildman–Crippen MR) is 99.6 cm³/mol. The van der Waals surface area contributed by atoms with Crippen molar-refractivity contribution in [1.82, 2.24) is 14.9 Å². The van der Waals surface area contributed by atoms with Gasteiger partial charge in [-0.05, 0) is 40.2 Å². The fourth-order valence-corrected chi connectivity index (χ4v) is 3.15. The van der Waals surface area contributed by atoms with Crippen LogP contribution >= 0.6 is 15.9 Å². The molecule has 1 aromatic heterocycles. The Labute approximate surface area is 159 Å². The molecular formula is C19H17BrFN3O2. The average molecular weight is 418 g/mol. The number of amides is 1. The maximum absolute atomic E-state index is 13.6. The number of nitrogens with one attached hydrogen (secondary N) is 1. The summed E-state index contributed by atoms with van der Waals surface area (Å²) in [5.41, 5.74) is 0.962. The number of halogens is 2. The summed E-state index contributed by atoms with van der Waals surface area (Å²) < 4.78 is 21.4. The molecule has 7 heteroatoms. The molecule has 0 saturated heterocycles. The molecule has 0 aliphatic heterocycles. The van der Waals surface area contributed by atoms with Crippen LogP contribution in [0.2, 0.25) is 0 Å². The van der Waals surface area contributed by atoms with E-state index in [9.17, 15) is 9.18 Å². The standard InChI is InChI=1S/C19H17BrFN3O2/c1-24-10-9-22-18(24)17(13-5-3-4-6-16(13)26-2)23-19(25)14-11-12(21)7-8-15(14)20/h3-11,17H,1-2H3,(H,23,25). The molecule has 0 aliphatic carbocycles. The van der Waals surface area contributed by atoms with Gasteiger partial charge in [0.2, 0.25) is 0 Å². The highest BCUT2D eigenvalue weighted by Crippen LogP contribution is 2.30. The number of ether oxygens (including phenoxy) is 1. The van der Waals surface area contributed by atoms with Gasteiger partial charge in [0.15, 0.2) is 0 Å². The van der Waals surface area contributed by atoms with Gasteiger partial charge in [-0.15, -0.1) is 0 Å². The number of aryl methyl sites for hydroxylation is 1. The normalized spacial score (nSPS) is 11.8. The molecule has 26 heavy (non-hydrogen) atoms. The Balaban J connectivity index is 2.03. The second-order valence-electron chi connectivity index (χ2n) is 5.67. The second-order valence-corrected chi connectivity index (χ2v) is 6.52. The highest BCUT2D eigenvalue weighted by atomic mass is 79.9. The molecular weight excluding hydrogens is 401 g/mol. The van der Waals surface area contributed by atoms with E-state index in [1.54, 1.807) is 19.5 Å². The molecule has 0 fully saturated rings. The van der Waals surface area contributed by atoms with Gasteiger partial charge in [-0.3, -0.25) is 4.79 Å². The lowest BCUT2D eigenvalue weighted by Gasteiger charge is -2.21. The molecule has 2 aromatic carbocycles. The molecule has 1 atom stereocenters. The van der Waals surface area contributed by atoms with Crippen LogP contribution in [0.15, 0.2) is 59.3 Å². The van der Waals surface area contributed by atoms with Crippen molar-refractivity contribution in [2.24, 2.45) is 7.05 Å². The molecule has 0 radical (unpaired) electrons. The van der Waals surface area contributed by atoms with Crippen molar-refractivity contribution in [1.29, 1.82) is 0 Å². The van der Waals surface area contributed by atoms with Crippen LogP contribution in [0.25, 0.3) is 0 Å². The van der Waals surface area contributed by atoms with Crippen LogP contribution in [-0.2, 0) is 7.05 Å². The van der Waals surface area contributed by atoms with E-state index >= 15 is 0 Å². The van der Waals surface area contributed by atoms with Crippen LogP contribution in [0.3, 0.4) is 0 Å². The maximum atomic E-state index is 13.6. The van der Waals surface area contributed by atoms with Crippen LogP contribution in [0, 0.1) is 5.82 Å². The van der Waals surface area contributed by atoms with Gasteiger partial charge in [-0.2, -0.15) is 0 Å². The molecule has 0 aliphatic rings. The highest BCUT2D eigenvalue weighted by molar-refractivity contribution is 9.10. The Morgan fingerprint density at radius 2 is 2.08 bits per heavy atom. The number of carbonyl (C=O) groups is 1. The third kappa shape index (κ3) is 3.62. The first-order valence-corrected chi connectivity index (χ1v) is 8.66. The first kappa shape index (κ1) is 18.1. The number of imidazole rings is 1. The molecule has 1 heterocycles. The number of para-hydroxylation sites is 1. The number of nitrogens with zero attached hydrogens (tertiary/aromatic N) is 2. The number of carbonyl (C=O) groups excluding carboxylic acids is 1. The van der Waals surface area contributed by atoms with Crippen molar-refractivity contribution in [3.8, 4) is 5.75 Å². The molecule has 134 valence electrons. The van der Waals surface area contributed by atoms with Crippen molar-refractivity contribution in [2.75, 3.05) is 7.11 Å². The van der Waals surface area contributed by atoms with E-state index in [0.29, 0.717) is 16.0 Å².